The zero-order valence-electron chi connectivity index (χ0n) is 11.8. The lowest BCUT2D eigenvalue weighted by molar-refractivity contribution is 0.284. The highest BCUT2D eigenvalue weighted by atomic mass is 15.3. The molecule has 1 aromatic heterocycles. The summed E-state index contributed by atoms with van der Waals surface area (Å²) >= 11 is 0. The minimum absolute atomic E-state index is 0.179. The van der Waals surface area contributed by atoms with Gasteiger partial charge in [0.2, 0.25) is 0 Å². The molecule has 17 heavy (non-hydrogen) atoms. The number of aromatic nitrogens is 3. The summed E-state index contributed by atoms with van der Waals surface area (Å²) in [5.74, 6) is 2.02. The van der Waals surface area contributed by atoms with Crippen LogP contribution in [0.1, 0.15) is 46.9 Å². The van der Waals surface area contributed by atoms with Gasteiger partial charge in [0.05, 0.1) is 0 Å². The quantitative estimate of drug-likeness (QED) is 0.827. The van der Waals surface area contributed by atoms with Crippen molar-refractivity contribution in [2.45, 2.75) is 59.5 Å². The van der Waals surface area contributed by atoms with E-state index in [-0.39, 0.29) is 5.54 Å². The zero-order valence-corrected chi connectivity index (χ0v) is 11.8. The van der Waals surface area contributed by atoms with Gasteiger partial charge in [-0.25, -0.2) is 9.67 Å². The van der Waals surface area contributed by atoms with Crippen molar-refractivity contribution in [1.29, 1.82) is 0 Å². The van der Waals surface area contributed by atoms with E-state index in [1.807, 2.05) is 4.68 Å². The molecule has 1 aromatic rings. The van der Waals surface area contributed by atoms with Gasteiger partial charge in [0.15, 0.2) is 0 Å². The molecule has 0 spiro atoms. The first-order chi connectivity index (χ1) is 7.89. The van der Waals surface area contributed by atoms with E-state index in [0.29, 0.717) is 11.8 Å². The van der Waals surface area contributed by atoms with Crippen molar-refractivity contribution in [2.24, 2.45) is 17.6 Å². The van der Waals surface area contributed by atoms with Crippen molar-refractivity contribution in [2.75, 3.05) is 0 Å². The van der Waals surface area contributed by atoms with E-state index in [2.05, 4.69) is 44.7 Å². The van der Waals surface area contributed by atoms with Crippen molar-refractivity contribution in [3.63, 3.8) is 0 Å². The fourth-order valence-electron chi connectivity index (χ4n) is 1.96. The summed E-state index contributed by atoms with van der Waals surface area (Å²) in [6, 6.07) is 0. The molecule has 0 saturated heterocycles. The topological polar surface area (TPSA) is 56.7 Å². The van der Waals surface area contributed by atoms with Gasteiger partial charge in [-0.1, -0.05) is 34.6 Å². The van der Waals surface area contributed by atoms with Gasteiger partial charge in [-0.05, 0) is 18.3 Å². The van der Waals surface area contributed by atoms with Gasteiger partial charge in [-0.2, -0.15) is 5.10 Å². The third-order valence-electron chi connectivity index (χ3n) is 3.53. The highest BCUT2D eigenvalue weighted by molar-refractivity contribution is 4.98. The molecule has 0 aliphatic rings. The predicted molar refractivity (Wildman–Crippen MR) is 70.6 cm³/mol. The van der Waals surface area contributed by atoms with Crippen LogP contribution in [0, 0.1) is 11.8 Å². The fourth-order valence-corrected chi connectivity index (χ4v) is 1.96. The van der Waals surface area contributed by atoms with Gasteiger partial charge < -0.3 is 5.73 Å². The molecule has 4 nitrogen and oxygen atoms in total. The first kappa shape index (κ1) is 14.2. The molecule has 0 aromatic carbocycles. The molecule has 0 bridgehead atoms. The molecule has 0 radical (unpaired) electrons. The number of nitrogens with zero attached hydrogens (tertiary/aromatic N) is 3. The van der Waals surface area contributed by atoms with Crippen molar-refractivity contribution >= 4 is 0 Å². The molecule has 98 valence electrons. The lowest BCUT2D eigenvalue weighted by atomic mass is 9.82. The predicted octanol–water partition coefficient (Wildman–Crippen LogP) is 2.24. The van der Waals surface area contributed by atoms with Crippen LogP contribution in [0.4, 0.5) is 0 Å². The van der Waals surface area contributed by atoms with E-state index in [4.69, 9.17) is 5.73 Å². The Morgan fingerprint density at radius 3 is 2.47 bits per heavy atom. The first-order valence-corrected chi connectivity index (χ1v) is 6.54. The molecule has 0 amide bonds. The molecule has 4 heteroatoms. The van der Waals surface area contributed by atoms with Gasteiger partial charge in [-0.15, -0.1) is 0 Å². The summed E-state index contributed by atoms with van der Waals surface area (Å²) < 4.78 is 1.99. The van der Waals surface area contributed by atoms with Crippen LogP contribution in [0.3, 0.4) is 0 Å². The molecule has 0 saturated carbocycles. The third kappa shape index (κ3) is 3.53. The number of rotatable bonds is 6. The molecular formula is C13H26N4. The fraction of sp³-hybridized carbons (Fsp3) is 0.846. The highest BCUT2D eigenvalue weighted by Crippen LogP contribution is 2.22. The van der Waals surface area contributed by atoms with Gasteiger partial charge in [0.25, 0.3) is 0 Å². The summed E-state index contributed by atoms with van der Waals surface area (Å²) in [4.78, 5) is 4.36. The summed E-state index contributed by atoms with van der Waals surface area (Å²) in [5, 5.41) is 4.28. The molecule has 1 rings (SSSR count). The maximum absolute atomic E-state index is 6.45. The minimum atomic E-state index is -0.179. The van der Waals surface area contributed by atoms with Crippen LogP contribution in [0.5, 0.6) is 0 Å². The Kier molecular flexibility index (Phi) is 4.69. The van der Waals surface area contributed by atoms with Crippen LogP contribution in [-0.2, 0) is 13.0 Å². The smallest absolute Gasteiger partial charge is 0.138 e. The average molecular weight is 238 g/mol. The van der Waals surface area contributed by atoms with E-state index < -0.39 is 0 Å². The third-order valence-corrected chi connectivity index (χ3v) is 3.53. The lowest BCUT2D eigenvalue weighted by Gasteiger charge is -2.32. The Balaban J connectivity index is 2.83. The minimum Gasteiger partial charge on any atom is -0.324 e. The van der Waals surface area contributed by atoms with Gasteiger partial charge in [0.1, 0.15) is 12.2 Å². The second-order valence-electron chi connectivity index (χ2n) is 5.67. The summed E-state index contributed by atoms with van der Waals surface area (Å²) in [5.41, 5.74) is 6.27. The lowest BCUT2D eigenvalue weighted by Crippen LogP contribution is -2.47. The standard InChI is InChI=1S/C13H26N4/c1-6-13(14,11(4)5)7-12-15-9-16-17(12)8-10(2)3/h9-11H,6-8,14H2,1-5H3. The highest BCUT2D eigenvalue weighted by Gasteiger charge is 2.29. The molecular weight excluding hydrogens is 212 g/mol. The molecule has 0 aliphatic heterocycles. The van der Waals surface area contributed by atoms with E-state index >= 15 is 0 Å². The number of hydrogen-bond acceptors (Lipinski definition) is 3. The van der Waals surface area contributed by atoms with Crippen molar-refractivity contribution in [3.05, 3.63) is 12.2 Å². The molecule has 1 heterocycles. The zero-order chi connectivity index (χ0) is 13.1. The van der Waals surface area contributed by atoms with E-state index in [9.17, 15) is 0 Å². The Bertz CT molecular complexity index is 343. The van der Waals surface area contributed by atoms with Crippen LogP contribution in [0.25, 0.3) is 0 Å². The van der Waals surface area contributed by atoms with Gasteiger partial charge in [0, 0.05) is 18.5 Å². The monoisotopic (exact) mass is 238 g/mol. The molecule has 1 atom stereocenters. The van der Waals surface area contributed by atoms with Gasteiger partial charge >= 0.3 is 0 Å². The van der Waals surface area contributed by atoms with Crippen molar-refractivity contribution < 1.29 is 0 Å². The van der Waals surface area contributed by atoms with E-state index in [0.717, 1.165) is 25.2 Å². The van der Waals surface area contributed by atoms with Crippen LogP contribution >= 0.6 is 0 Å². The Morgan fingerprint density at radius 1 is 1.35 bits per heavy atom. The Labute approximate surface area is 105 Å². The van der Waals surface area contributed by atoms with Crippen molar-refractivity contribution in [3.8, 4) is 0 Å². The molecule has 0 aliphatic carbocycles. The Morgan fingerprint density at radius 2 is 2.00 bits per heavy atom. The van der Waals surface area contributed by atoms with Crippen molar-refractivity contribution in [1.82, 2.24) is 14.8 Å². The summed E-state index contributed by atoms with van der Waals surface area (Å²) in [6.45, 7) is 11.8. The van der Waals surface area contributed by atoms with Crippen LogP contribution in [0.15, 0.2) is 6.33 Å². The van der Waals surface area contributed by atoms with Crippen LogP contribution < -0.4 is 5.73 Å². The van der Waals surface area contributed by atoms with Gasteiger partial charge in [-0.3, -0.25) is 0 Å². The average Bonchev–Trinajstić information content (AvgIpc) is 2.64. The summed E-state index contributed by atoms with van der Waals surface area (Å²) in [6.07, 6.45) is 3.39. The molecule has 0 fully saturated rings. The maximum Gasteiger partial charge on any atom is 0.138 e. The van der Waals surface area contributed by atoms with Crippen LogP contribution in [-0.4, -0.2) is 20.3 Å². The number of hydrogen-bond donors (Lipinski definition) is 1. The summed E-state index contributed by atoms with van der Waals surface area (Å²) in [7, 11) is 0. The normalized spacial score (nSPS) is 15.5. The second kappa shape index (κ2) is 5.63. The molecule has 1 unspecified atom stereocenters. The SMILES string of the molecule is CCC(N)(Cc1ncnn1CC(C)C)C(C)C. The van der Waals surface area contributed by atoms with E-state index in [1.165, 1.54) is 0 Å². The first-order valence-electron chi connectivity index (χ1n) is 6.54. The second-order valence-corrected chi connectivity index (χ2v) is 5.67. The molecule has 2 N–H and O–H groups in total. The largest absolute Gasteiger partial charge is 0.324 e. The van der Waals surface area contributed by atoms with Crippen LogP contribution in [0.2, 0.25) is 0 Å². The maximum atomic E-state index is 6.45. The Hall–Kier alpha value is -0.900. The van der Waals surface area contributed by atoms with E-state index in [1.54, 1.807) is 6.33 Å². The number of nitrogens with two attached hydrogens (primary N) is 1.